The van der Waals surface area contributed by atoms with Gasteiger partial charge in [-0.3, -0.25) is 0 Å². The zero-order valence-electron chi connectivity index (χ0n) is 20.8. The molecule has 2 heteroatoms. The first-order valence-corrected chi connectivity index (χ1v) is 14.1. The summed E-state index contributed by atoms with van der Waals surface area (Å²) in [5.74, 6) is 5.78. The van der Waals surface area contributed by atoms with Gasteiger partial charge in [0.15, 0.2) is 0 Å². The van der Waals surface area contributed by atoms with Gasteiger partial charge in [0, 0.05) is 6.07 Å². The summed E-state index contributed by atoms with van der Waals surface area (Å²) >= 11 is 0. The zero-order valence-corrected chi connectivity index (χ0v) is 20.8. The number of ether oxygens (including phenoxy) is 1. The molecule has 0 saturated heterocycles. The third-order valence-electron chi connectivity index (χ3n) is 9.25. The van der Waals surface area contributed by atoms with Gasteiger partial charge in [-0.1, -0.05) is 77.7 Å². The van der Waals surface area contributed by atoms with Gasteiger partial charge >= 0.3 is 0 Å². The van der Waals surface area contributed by atoms with Crippen LogP contribution in [-0.4, -0.2) is 6.61 Å². The lowest BCUT2D eigenvalue weighted by Gasteiger charge is -2.43. The summed E-state index contributed by atoms with van der Waals surface area (Å²) in [5, 5.41) is 0. The molecule has 0 aromatic heterocycles. The smallest absolute Gasteiger partial charge is 0.130 e. The number of hydrogen-bond acceptors (Lipinski definition) is 1. The summed E-state index contributed by atoms with van der Waals surface area (Å²) in [6.07, 6.45) is 20.7. The maximum Gasteiger partial charge on any atom is 0.130 e. The lowest BCUT2D eigenvalue weighted by Crippen LogP contribution is -2.31. The predicted molar refractivity (Wildman–Crippen MR) is 133 cm³/mol. The normalized spacial score (nSPS) is 33.0. The molecule has 0 aliphatic heterocycles. The van der Waals surface area contributed by atoms with Crippen LogP contribution in [0.15, 0.2) is 18.2 Å². The van der Waals surface area contributed by atoms with E-state index in [9.17, 15) is 4.39 Å². The van der Waals surface area contributed by atoms with Crippen molar-refractivity contribution in [3.05, 3.63) is 29.6 Å². The molecule has 4 rings (SSSR count). The molecule has 0 N–H and O–H groups in total. The van der Waals surface area contributed by atoms with Crippen LogP contribution in [0.3, 0.4) is 0 Å². The van der Waals surface area contributed by atoms with Crippen molar-refractivity contribution in [2.24, 2.45) is 29.6 Å². The molecular formula is C30H47FO. The fraction of sp³-hybridized carbons (Fsp3) is 0.800. The molecule has 4 unspecified atom stereocenters. The molecule has 3 saturated carbocycles. The van der Waals surface area contributed by atoms with Crippen molar-refractivity contribution in [3.8, 4) is 5.75 Å². The highest BCUT2D eigenvalue weighted by molar-refractivity contribution is 5.31. The Hall–Kier alpha value is -1.05. The minimum Gasteiger partial charge on any atom is -0.494 e. The van der Waals surface area contributed by atoms with Crippen LogP contribution in [0.4, 0.5) is 4.39 Å². The van der Waals surface area contributed by atoms with Gasteiger partial charge in [-0.05, 0) is 85.7 Å². The van der Waals surface area contributed by atoms with Gasteiger partial charge in [0.25, 0.3) is 0 Å². The van der Waals surface area contributed by atoms with E-state index < -0.39 is 0 Å². The highest BCUT2D eigenvalue weighted by atomic mass is 19.1. The molecule has 3 fully saturated rings. The van der Waals surface area contributed by atoms with E-state index in [1.165, 1.54) is 89.9 Å². The van der Waals surface area contributed by atoms with Gasteiger partial charge in [-0.2, -0.15) is 0 Å². The molecule has 0 heterocycles. The van der Waals surface area contributed by atoms with E-state index in [2.05, 4.69) is 13.8 Å². The molecule has 3 aliphatic carbocycles. The molecular weight excluding hydrogens is 395 g/mol. The average molecular weight is 443 g/mol. The summed E-state index contributed by atoms with van der Waals surface area (Å²) in [7, 11) is 0. The van der Waals surface area contributed by atoms with E-state index in [0.717, 1.165) is 41.6 Å². The Morgan fingerprint density at radius 1 is 0.750 bits per heavy atom. The monoisotopic (exact) mass is 442 g/mol. The Labute approximate surface area is 196 Å². The van der Waals surface area contributed by atoms with Gasteiger partial charge in [0.2, 0.25) is 0 Å². The van der Waals surface area contributed by atoms with Crippen LogP contribution in [0.2, 0.25) is 0 Å². The highest BCUT2D eigenvalue weighted by Crippen LogP contribution is 2.49. The zero-order chi connectivity index (χ0) is 22.3. The second-order valence-electron chi connectivity index (χ2n) is 11.5. The van der Waals surface area contributed by atoms with Crippen molar-refractivity contribution >= 4 is 0 Å². The highest BCUT2D eigenvalue weighted by Gasteiger charge is 2.36. The van der Waals surface area contributed by atoms with Crippen molar-refractivity contribution in [1.29, 1.82) is 0 Å². The van der Waals surface area contributed by atoms with Gasteiger partial charge in [0.05, 0.1) is 6.61 Å². The molecule has 0 amide bonds. The van der Waals surface area contributed by atoms with E-state index in [4.69, 9.17) is 4.74 Å². The van der Waals surface area contributed by atoms with E-state index in [0.29, 0.717) is 18.3 Å². The second-order valence-corrected chi connectivity index (χ2v) is 11.5. The van der Waals surface area contributed by atoms with Crippen molar-refractivity contribution in [2.75, 3.05) is 6.61 Å². The molecule has 3 aliphatic rings. The van der Waals surface area contributed by atoms with Gasteiger partial charge in [0.1, 0.15) is 11.6 Å². The maximum absolute atomic E-state index is 14.8. The van der Waals surface area contributed by atoms with Crippen LogP contribution in [0.5, 0.6) is 5.75 Å². The predicted octanol–water partition coefficient (Wildman–Crippen LogP) is 9.30. The van der Waals surface area contributed by atoms with Crippen LogP contribution in [-0.2, 0) is 0 Å². The lowest BCUT2D eigenvalue weighted by atomic mass is 9.63. The molecule has 180 valence electrons. The van der Waals surface area contributed by atoms with Crippen molar-refractivity contribution in [1.82, 2.24) is 0 Å². The fourth-order valence-electron chi connectivity index (χ4n) is 7.37. The van der Waals surface area contributed by atoms with E-state index in [1.807, 2.05) is 12.1 Å². The summed E-state index contributed by atoms with van der Waals surface area (Å²) in [5.41, 5.74) is 0.938. The summed E-state index contributed by atoms with van der Waals surface area (Å²) in [6, 6.07) is 5.60. The minimum atomic E-state index is -0.0515. The molecule has 1 aromatic carbocycles. The third kappa shape index (κ3) is 6.29. The fourth-order valence-corrected chi connectivity index (χ4v) is 7.37. The number of rotatable bonds is 9. The summed E-state index contributed by atoms with van der Waals surface area (Å²) in [6.45, 7) is 5.08. The van der Waals surface area contributed by atoms with Crippen LogP contribution in [0, 0.1) is 35.4 Å². The average Bonchev–Trinajstić information content (AvgIpc) is 2.82. The topological polar surface area (TPSA) is 9.23 Å². The Bertz CT molecular complexity index is 692. The number of benzene rings is 1. The Balaban J connectivity index is 1.21. The summed E-state index contributed by atoms with van der Waals surface area (Å²) in [4.78, 5) is 0. The summed E-state index contributed by atoms with van der Waals surface area (Å²) < 4.78 is 20.4. The Morgan fingerprint density at radius 2 is 1.41 bits per heavy atom. The van der Waals surface area contributed by atoms with Gasteiger partial charge in [-0.15, -0.1) is 0 Å². The van der Waals surface area contributed by atoms with Crippen molar-refractivity contribution in [3.63, 3.8) is 0 Å². The molecule has 1 aromatic rings. The first kappa shape index (κ1) is 24.1. The quantitative estimate of drug-likeness (QED) is 0.370. The van der Waals surface area contributed by atoms with Crippen molar-refractivity contribution < 1.29 is 9.13 Å². The molecule has 0 bridgehead atoms. The van der Waals surface area contributed by atoms with Crippen LogP contribution in [0.25, 0.3) is 0 Å². The Kier molecular flexibility index (Phi) is 8.95. The first-order chi connectivity index (χ1) is 15.7. The standard InChI is InChI=1S/C30H47FO/c1-3-5-22-6-8-23(9-7-22)10-11-24-12-13-26-20-27(15-14-25(26)19-24)29-17-16-28(21-30(29)31)32-18-4-2/h16-17,21-27H,3-15,18-20H2,1-2H3. The number of halogens is 1. The molecule has 1 nitrogen and oxygen atoms in total. The SMILES string of the molecule is CCCOc1ccc(C2CCC3CC(CCC4CCC(CCC)CC4)CCC3C2)c(F)c1. The lowest BCUT2D eigenvalue weighted by molar-refractivity contribution is 0.108. The molecule has 0 radical (unpaired) electrons. The van der Waals surface area contributed by atoms with Gasteiger partial charge in [-0.25, -0.2) is 4.39 Å². The Morgan fingerprint density at radius 3 is 2.12 bits per heavy atom. The number of hydrogen-bond donors (Lipinski definition) is 0. The first-order valence-electron chi connectivity index (χ1n) is 14.1. The maximum atomic E-state index is 14.8. The van der Waals surface area contributed by atoms with E-state index in [-0.39, 0.29) is 5.82 Å². The number of fused-ring (bicyclic) bond motifs is 1. The largest absolute Gasteiger partial charge is 0.494 e. The molecule has 4 atom stereocenters. The molecule has 0 spiro atoms. The molecule has 32 heavy (non-hydrogen) atoms. The van der Waals surface area contributed by atoms with E-state index >= 15 is 0 Å². The van der Waals surface area contributed by atoms with Crippen LogP contribution < -0.4 is 4.74 Å². The second kappa shape index (κ2) is 11.9. The van der Waals surface area contributed by atoms with Gasteiger partial charge < -0.3 is 4.74 Å². The third-order valence-corrected chi connectivity index (χ3v) is 9.25. The van der Waals surface area contributed by atoms with Crippen LogP contribution >= 0.6 is 0 Å². The van der Waals surface area contributed by atoms with E-state index in [1.54, 1.807) is 6.07 Å². The minimum absolute atomic E-state index is 0.0515. The van der Waals surface area contributed by atoms with Crippen molar-refractivity contribution in [2.45, 2.75) is 116 Å². The van der Waals surface area contributed by atoms with Crippen LogP contribution in [0.1, 0.15) is 122 Å².